The fourth-order valence-electron chi connectivity index (χ4n) is 3.30. The fourth-order valence-corrected chi connectivity index (χ4v) is 3.30. The number of nitrogens with two attached hydrogens (primary N) is 1. The summed E-state index contributed by atoms with van der Waals surface area (Å²) in [6, 6.07) is 5.68. The smallest absolute Gasteiger partial charge is 0.408 e. The maximum absolute atomic E-state index is 11.7. The Balaban J connectivity index is 1.69. The SMILES string of the molecule is Cn1c(=O)oc2cc(CNCC3(C(N)=O)CCCC3)ccc21. The van der Waals surface area contributed by atoms with Gasteiger partial charge in [0.1, 0.15) is 0 Å². The van der Waals surface area contributed by atoms with E-state index in [9.17, 15) is 9.59 Å². The van der Waals surface area contributed by atoms with Crippen molar-refractivity contribution in [3.05, 3.63) is 34.3 Å². The summed E-state index contributed by atoms with van der Waals surface area (Å²) in [5.41, 5.74) is 7.55. The number of aryl methyl sites for hydroxylation is 1. The van der Waals surface area contributed by atoms with E-state index in [1.54, 1.807) is 7.05 Å². The van der Waals surface area contributed by atoms with E-state index in [1.807, 2.05) is 18.2 Å². The van der Waals surface area contributed by atoms with Crippen LogP contribution in [0.25, 0.3) is 11.1 Å². The number of carbonyl (C=O) groups excluding carboxylic acids is 1. The molecule has 1 aliphatic carbocycles. The third kappa shape index (κ3) is 2.54. The van der Waals surface area contributed by atoms with Crippen LogP contribution in [-0.4, -0.2) is 17.0 Å². The summed E-state index contributed by atoms with van der Waals surface area (Å²) < 4.78 is 6.66. The van der Waals surface area contributed by atoms with E-state index < -0.39 is 5.41 Å². The third-order valence-electron chi connectivity index (χ3n) is 4.73. The van der Waals surface area contributed by atoms with E-state index in [0.29, 0.717) is 18.7 Å². The normalized spacial score (nSPS) is 17.1. The molecule has 22 heavy (non-hydrogen) atoms. The van der Waals surface area contributed by atoms with Crippen molar-refractivity contribution < 1.29 is 9.21 Å². The van der Waals surface area contributed by atoms with E-state index in [2.05, 4.69) is 5.32 Å². The molecule has 1 aromatic carbocycles. The zero-order valence-electron chi connectivity index (χ0n) is 12.7. The molecule has 2 aromatic rings. The highest BCUT2D eigenvalue weighted by molar-refractivity contribution is 5.81. The van der Waals surface area contributed by atoms with Gasteiger partial charge in [-0.15, -0.1) is 0 Å². The second-order valence-electron chi connectivity index (χ2n) is 6.18. The zero-order chi connectivity index (χ0) is 15.7. The van der Waals surface area contributed by atoms with Crippen molar-refractivity contribution in [1.82, 2.24) is 9.88 Å². The van der Waals surface area contributed by atoms with Crippen molar-refractivity contribution in [3.8, 4) is 0 Å². The summed E-state index contributed by atoms with van der Waals surface area (Å²) in [6.07, 6.45) is 3.85. The quantitative estimate of drug-likeness (QED) is 0.870. The molecule has 1 aromatic heterocycles. The Morgan fingerprint density at radius 2 is 2.14 bits per heavy atom. The topological polar surface area (TPSA) is 90.3 Å². The summed E-state index contributed by atoms with van der Waals surface area (Å²) >= 11 is 0. The van der Waals surface area contributed by atoms with Gasteiger partial charge in [0.2, 0.25) is 5.91 Å². The van der Waals surface area contributed by atoms with Crippen LogP contribution in [0.1, 0.15) is 31.2 Å². The fraction of sp³-hybridized carbons (Fsp3) is 0.500. The van der Waals surface area contributed by atoms with Crippen molar-refractivity contribution >= 4 is 17.0 Å². The van der Waals surface area contributed by atoms with Gasteiger partial charge in [-0.3, -0.25) is 9.36 Å². The van der Waals surface area contributed by atoms with Gasteiger partial charge in [0, 0.05) is 20.1 Å². The lowest BCUT2D eigenvalue weighted by molar-refractivity contribution is -0.127. The second kappa shape index (κ2) is 5.61. The number of oxazole rings is 1. The standard InChI is InChI=1S/C16H21N3O3/c1-19-12-5-4-11(8-13(12)22-15(19)21)9-18-10-16(14(17)20)6-2-3-7-16/h4-5,8,18H,2-3,6-7,9-10H2,1H3,(H2,17,20). The number of nitrogens with one attached hydrogen (secondary N) is 1. The van der Waals surface area contributed by atoms with Crippen molar-refractivity contribution in [3.63, 3.8) is 0 Å². The van der Waals surface area contributed by atoms with Crippen LogP contribution in [0.4, 0.5) is 0 Å². The van der Waals surface area contributed by atoms with Gasteiger partial charge in [-0.1, -0.05) is 18.9 Å². The van der Waals surface area contributed by atoms with Crippen molar-refractivity contribution in [1.29, 1.82) is 0 Å². The molecule has 6 heteroatoms. The van der Waals surface area contributed by atoms with E-state index in [-0.39, 0.29) is 11.7 Å². The van der Waals surface area contributed by atoms with Crippen LogP contribution in [-0.2, 0) is 18.4 Å². The molecule has 0 spiro atoms. The van der Waals surface area contributed by atoms with Crippen molar-refractivity contribution in [2.24, 2.45) is 18.2 Å². The van der Waals surface area contributed by atoms with Gasteiger partial charge in [0.15, 0.2) is 5.58 Å². The van der Waals surface area contributed by atoms with Crippen molar-refractivity contribution in [2.75, 3.05) is 6.54 Å². The first-order chi connectivity index (χ1) is 10.5. The minimum absolute atomic E-state index is 0.206. The number of amides is 1. The van der Waals surface area contributed by atoms with Crippen LogP contribution in [0.5, 0.6) is 0 Å². The molecule has 0 bridgehead atoms. The lowest BCUT2D eigenvalue weighted by Gasteiger charge is -2.25. The van der Waals surface area contributed by atoms with Gasteiger partial charge >= 0.3 is 5.76 Å². The van der Waals surface area contributed by atoms with E-state index in [4.69, 9.17) is 10.2 Å². The number of fused-ring (bicyclic) bond motifs is 1. The second-order valence-corrected chi connectivity index (χ2v) is 6.18. The van der Waals surface area contributed by atoms with Gasteiger partial charge in [0.05, 0.1) is 10.9 Å². The Morgan fingerprint density at radius 3 is 2.82 bits per heavy atom. The molecule has 1 saturated carbocycles. The molecule has 1 heterocycles. The molecule has 0 unspecified atom stereocenters. The van der Waals surface area contributed by atoms with E-state index >= 15 is 0 Å². The molecule has 6 nitrogen and oxygen atoms in total. The van der Waals surface area contributed by atoms with Gasteiger partial charge in [0.25, 0.3) is 0 Å². The molecule has 0 atom stereocenters. The predicted molar refractivity (Wildman–Crippen MR) is 83.3 cm³/mol. The molecule has 3 rings (SSSR count). The average Bonchev–Trinajstić information content (AvgIpc) is 3.06. The van der Waals surface area contributed by atoms with Gasteiger partial charge < -0.3 is 15.5 Å². The van der Waals surface area contributed by atoms with Gasteiger partial charge in [-0.25, -0.2) is 4.79 Å². The molecule has 1 fully saturated rings. The molecule has 1 amide bonds. The number of hydrogen-bond acceptors (Lipinski definition) is 4. The molecular weight excluding hydrogens is 282 g/mol. The first kappa shape index (κ1) is 14.8. The van der Waals surface area contributed by atoms with Gasteiger partial charge in [-0.05, 0) is 30.5 Å². The van der Waals surface area contributed by atoms with Gasteiger partial charge in [-0.2, -0.15) is 0 Å². The maximum atomic E-state index is 11.7. The Kier molecular flexibility index (Phi) is 3.78. The molecule has 3 N–H and O–H groups in total. The maximum Gasteiger partial charge on any atom is 0.419 e. The number of hydrogen-bond donors (Lipinski definition) is 2. The van der Waals surface area contributed by atoms with Crippen LogP contribution in [0.3, 0.4) is 0 Å². The average molecular weight is 303 g/mol. The summed E-state index contributed by atoms with van der Waals surface area (Å²) in [6.45, 7) is 1.21. The predicted octanol–water partition coefficient (Wildman–Crippen LogP) is 1.27. The Hall–Kier alpha value is -2.08. The third-order valence-corrected chi connectivity index (χ3v) is 4.73. The zero-order valence-corrected chi connectivity index (χ0v) is 12.7. The highest BCUT2D eigenvalue weighted by Gasteiger charge is 2.38. The Bertz CT molecular complexity index is 754. The Morgan fingerprint density at radius 1 is 1.41 bits per heavy atom. The molecule has 0 saturated heterocycles. The lowest BCUT2D eigenvalue weighted by Crippen LogP contribution is -2.42. The van der Waals surface area contributed by atoms with Crippen LogP contribution in [0, 0.1) is 5.41 Å². The molecular formula is C16H21N3O3. The molecule has 1 aliphatic rings. The molecule has 118 valence electrons. The highest BCUT2D eigenvalue weighted by Crippen LogP contribution is 2.37. The largest absolute Gasteiger partial charge is 0.419 e. The van der Waals surface area contributed by atoms with Crippen LogP contribution in [0.15, 0.2) is 27.4 Å². The highest BCUT2D eigenvalue weighted by atomic mass is 16.4. The molecule has 0 radical (unpaired) electrons. The number of nitrogens with zero attached hydrogens (tertiary/aromatic N) is 1. The monoisotopic (exact) mass is 303 g/mol. The lowest BCUT2D eigenvalue weighted by atomic mass is 9.85. The first-order valence-electron chi connectivity index (χ1n) is 7.61. The van der Waals surface area contributed by atoms with Crippen LogP contribution >= 0.6 is 0 Å². The van der Waals surface area contributed by atoms with E-state index in [0.717, 1.165) is 36.8 Å². The number of rotatable bonds is 5. The summed E-state index contributed by atoms with van der Waals surface area (Å²) in [5.74, 6) is -0.569. The van der Waals surface area contributed by atoms with Crippen LogP contribution < -0.4 is 16.8 Å². The summed E-state index contributed by atoms with van der Waals surface area (Å²) in [7, 11) is 1.68. The minimum Gasteiger partial charge on any atom is -0.408 e. The van der Waals surface area contributed by atoms with Crippen molar-refractivity contribution in [2.45, 2.75) is 32.2 Å². The minimum atomic E-state index is -0.399. The number of benzene rings is 1. The Labute approximate surface area is 128 Å². The summed E-state index contributed by atoms with van der Waals surface area (Å²) in [5, 5.41) is 3.32. The number of primary amides is 1. The first-order valence-corrected chi connectivity index (χ1v) is 7.61. The summed E-state index contributed by atoms with van der Waals surface area (Å²) in [4.78, 5) is 23.2. The number of aromatic nitrogens is 1. The van der Waals surface area contributed by atoms with Crippen LogP contribution in [0.2, 0.25) is 0 Å². The molecule has 0 aliphatic heterocycles. The number of carbonyl (C=O) groups is 1. The van der Waals surface area contributed by atoms with E-state index in [1.165, 1.54) is 4.57 Å².